The molecule has 0 aromatic heterocycles. The van der Waals surface area contributed by atoms with Crippen molar-refractivity contribution < 1.29 is 28.6 Å². The van der Waals surface area contributed by atoms with E-state index in [1.54, 1.807) is 0 Å². The molecule has 0 aliphatic carbocycles. The smallest absolute Gasteiger partial charge is 0.338 e. The second-order valence-electron chi connectivity index (χ2n) is 36.2. The van der Waals surface area contributed by atoms with E-state index in [1.165, 1.54) is 214 Å². The number of aryl methyl sites for hydroxylation is 6. The largest absolute Gasteiger partial charge is 0.457 e. The molecule has 0 heterocycles. The molecule has 0 amide bonds. The monoisotopic (exact) mass is 1700 g/mol. The van der Waals surface area contributed by atoms with Crippen molar-refractivity contribution >= 4 is 147 Å². The van der Waals surface area contributed by atoms with Gasteiger partial charge in [-0.05, 0) is 344 Å². The van der Waals surface area contributed by atoms with Gasteiger partial charge in [-0.3, -0.25) is 0 Å². The highest BCUT2D eigenvalue weighted by atomic mass is 16.5. The second kappa shape index (κ2) is 34.4. The maximum absolute atomic E-state index is 15.7. The minimum atomic E-state index is -0.731. The van der Waals surface area contributed by atoms with E-state index < -0.39 is 17.9 Å². The first kappa shape index (κ1) is 82.1. The second-order valence-corrected chi connectivity index (χ2v) is 36.2. The minimum absolute atomic E-state index is 0.0123. The highest BCUT2D eigenvalue weighted by Crippen LogP contribution is 2.43. The molecule has 0 N–H and O–H groups in total. The van der Waals surface area contributed by atoms with Gasteiger partial charge >= 0.3 is 17.9 Å². The average Bonchev–Trinajstić information content (AvgIpc) is 0.756. The Kier molecular flexibility index (Phi) is 21.4. The molecular formula is C126H96O6. The van der Waals surface area contributed by atoms with E-state index in [0.29, 0.717) is 38.5 Å². The third-order valence-electron chi connectivity index (χ3n) is 28.2. The highest BCUT2D eigenvalue weighted by molar-refractivity contribution is 6.12. The Balaban J connectivity index is 0.645. The molecule has 0 aliphatic heterocycles. The summed E-state index contributed by atoms with van der Waals surface area (Å²) in [5.74, 6) is -2.19. The van der Waals surface area contributed by atoms with Crippen LogP contribution in [-0.4, -0.2) is 17.9 Å². The van der Waals surface area contributed by atoms with Crippen LogP contribution in [-0.2, 0) is 72.6 Å². The molecule has 0 fully saturated rings. The third-order valence-corrected chi connectivity index (χ3v) is 28.2. The van der Waals surface area contributed by atoms with Gasteiger partial charge in [-0.2, -0.15) is 0 Å². The number of ether oxygens (including phenoxy) is 3. The highest BCUT2D eigenvalue weighted by Gasteiger charge is 2.26. The van der Waals surface area contributed by atoms with Gasteiger partial charge in [0.25, 0.3) is 0 Å². The minimum Gasteiger partial charge on any atom is -0.457 e. The van der Waals surface area contributed by atoms with Crippen molar-refractivity contribution in [2.24, 2.45) is 0 Å². The first-order valence-corrected chi connectivity index (χ1v) is 46.0. The molecule has 0 saturated carbocycles. The zero-order chi connectivity index (χ0) is 89.4. The fourth-order valence-corrected chi connectivity index (χ4v) is 22.0. The summed E-state index contributed by atoms with van der Waals surface area (Å²) < 4.78 is 19.8. The lowest BCUT2D eigenvalue weighted by Crippen LogP contribution is -2.14. The van der Waals surface area contributed by atoms with E-state index >= 15 is 14.4 Å². The van der Waals surface area contributed by atoms with Gasteiger partial charge in [-0.15, -0.1) is 0 Å². The molecule has 0 radical (unpaired) electrons. The summed E-state index contributed by atoms with van der Waals surface area (Å²) in [5.41, 5.74) is 23.4. The predicted molar refractivity (Wildman–Crippen MR) is 547 cm³/mol. The first-order chi connectivity index (χ1) is 64.6. The van der Waals surface area contributed by atoms with Gasteiger partial charge in [0.05, 0.1) is 16.7 Å². The molecule has 22 aromatic rings. The van der Waals surface area contributed by atoms with Crippen LogP contribution in [0.5, 0.6) is 0 Å². The number of carbonyl (C=O) groups excluding carboxylic acids is 3. The van der Waals surface area contributed by atoms with Crippen LogP contribution in [0.15, 0.2) is 364 Å². The van der Waals surface area contributed by atoms with Crippen LogP contribution < -0.4 is 0 Å². The van der Waals surface area contributed by atoms with E-state index in [1.807, 2.05) is 0 Å². The van der Waals surface area contributed by atoms with Gasteiger partial charge in [0.15, 0.2) is 0 Å². The Morgan fingerprint density at radius 2 is 0.273 bits per heavy atom. The number of hydrogen-bond acceptors (Lipinski definition) is 6. The van der Waals surface area contributed by atoms with Gasteiger partial charge in [0.2, 0.25) is 0 Å². The molecule has 0 atom stereocenters. The Morgan fingerprint density at radius 3 is 0.402 bits per heavy atom. The van der Waals surface area contributed by atoms with Crippen molar-refractivity contribution in [1.29, 1.82) is 0 Å². The summed E-state index contributed by atoms with van der Waals surface area (Å²) in [7, 11) is 0. The van der Waals surface area contributed by atoms with E-state index in [4.69, 9.17) is 14.2 Å². The summed E-state index contributed by atoms with van der Waals surface area (Å²) in [4.78, 5) is 47.0. The Labute approximate surface area is 768 Å². The maximum atomic E-state index is 15.7. The zero-order valence-electron chi connectivity index (χ0n) is 75.0. The molecule has 22 rings (SSSR count). The fourth-order valence-electron chi connectivity index (χ4n) is 22.0. The standard InChI is InChI=1S/C126H96O6/c1-76-94-31-7-19-43-106(94)118(107-44-20-8-32-95(76)107)64-82-55-83(65-119-108-45-21-9-33-96(108)77(2)97-34-10-22-46-109(97)119)59-88(58-82)73-130-124(127)91-70-92(125(128)131-74-89-60-84(66-120-110-47-23-11-35-98(110)78(3)99-36-12-24-48-111(99)120)56-85(61-89)67-121-112-49-25-13-37-100(112)79(4)101-38-14-26-50-113(101)121)72-93(71-91)126(129)132-75-90-62-86(68-122-114-51-27-15-39-102(114)80(5)103-40-16-28-52-115(103)122)57-87(63-90)69-123-116-53-29-17-41-104(116)81(6)105-42-18-30-54-117(105)123/h7-63,70-72H,64-69,73-75H2,1-6H3. The summed E-state index contributed by atoms with van der Waals surface area (Å²) >= 11 is 0. The SMILES string of the molecule is Cc1c2ccccc2c(Cc2cc(COC(=O)c3cc(C(=O)OCc4cc(Cc5c6ccccc6c(C)c6ccccc56)cc(Cc5c6ccccc6c(C)c6ccccc56)c4)cc(C(=O)OCc4cc(Cc5c6ccccc6c(C)c6ccccc56)cc(Cc5c6ccccc6c(C)c6ccccc56)c4)c3)cc(Cc3c4ccccc4c(C)c4ccccc34)c2)c2ccccc12. The molecule has 0 saturated heterocycles. The summed E-state index contributed by atoms with van der Waals surface area (Å²) in [6.07, 6.45) is 3.60. The zero-order valence-corrected chi connectivity index (χ0v) is 75.0. The van der Waals surface area contributed by atoms with Gasteiger partial charge < -0.3 is 14.2 Å². The number of carbonyl (C=O) groups is 3. The van der Waals surface area contributed by atoms with E-state index in [-0.39, 0.29) is 36.5 Å². The first-order valence-electron chi connectivity index (χ1n) is 46.0. The normalized spacial score (nSPS) is 11.8. The van der Waals surface area contributed by atoms with Crippen LogP contribution >= 0.6 is 0 Å². The van der Waals surface area contributed by atoms with E-state index in [0.717, 1.165) is 50.1 Å². The van der Waals surface area contributed by atoms with Crippen molar-refractivity contribution in [2.75, 3.05) is 0 Å². The third kappa shape index (κ3) is 15.2. The molecule has 0 bridgehead atoms. The van der Waals surface area contributed by atoms with Crippen LogP contribution in [0.3, 0.4) is 0 Å². The molecular weight excluding hydrogens is 1610 g/mol. The molecule has 6 heteroatoms. The maximum Gasteiger partial charge on any atom is 0.338 e. The Morgan fingerprint density at radius 1 is 0.159 bits per heavy atom. The summed E-state index contributed by atoms with van der Waals surface area (Å²) in [6, 6.07) is 129. The molecule has 132 heavy (non-hydrogen) atoms. The van der Waals surface area contributed by atoms with Crippen LogP contribution in [0.4, 0.5) is 0 Å². The Bertz CT molecular complexity index is 6980. The lowest BCUT2D eigenvalue weighted by Gasteiger charge is -2.18. The van der Waals surface area contributed by atoms with Crippen molar-refractivity contribution in [3.05, 3.63) is 498 Å². The molecule has 0 spiro atoms. The van der Waals surface area contributed by atoms with E-state index in [9.17, 15) is 0 Å². The number of fused-ring (bicyclic) bond motifs is 12. The number of rotatable bonds is 21. The number of hydrogen-bond donors (Lipinski definition) is 0. The lowest BCUT2D eigenvalue weighted by molar-refractivity contribution is 0.0467. The van der Waals surface area contributed by atoms with E-state index in [2.05, 4.69) is 387 Å². The topological polar surface area (TPSA) is 78.9 Å². The van der Waals surface area contributed by atoms with Crippen molar-refractivity contribution in [3.63, 3.8) is 0 Å². The molecule has 0 aliphatic rings. The van der Waals surface area contributed by atoms with Crippen molar-refractivity contribution in [2.45, 2.75) is 99.9 Å². The van der Waals surface area contributed by atoms with Crippen LogP contribution in [0, 0.1) is 41.5 Å². The molecule has 636 valence electrons. The van der Waals surface area contributed by atoms with Gasteiger partial charge in [-0.25, -0.2) is 14.4 Å². The van der Waals surface area contributed by atoms with Gasteiger partial charge in [0, 0.05) is 0 Å². The van der Waals surface area contributed by atoms with Crippen molar-refractivity contribution in [1.82, 2.24) is 0 Å². The molecule has 0 unspecified atom stereocenters. The van der Waals surface area contributed by atoms with Crippen LogP contribution in [0.1, 0.15) is 148 Å². The lowest BCUT2D eigenvalue weighted by atomic mass is 9.87. The van der Waals surface area contributed by atoms with Gasteiger partial charge in [-0.1, -0.05) is 346 Å². The Hall–Kier alpha value is -15.6. The average molecular weight is 1710 g/mol. The molecule has 6 nitrogen and oxygen atoms in total. The van der Waals surface area contributed by atoms with Gasteiger partial charge in [0.1, 0.15) is 19.8 Å². The fraction of sp³-hybridized carbons (Fsp3) is 0.119. The predicted octanol–water partition coefficient (Wildman–Crippen LogP) is 31.0. The number of benzene rings is 22. The summed E-state index contributed by atoms with van der Waals surface area (Å²) in [6.45, 7) is 12.9. The number of esters is 3. The van der Waals surface area contributed by atoms with Crippen molar-refractivity contribution in [3.8, 4) is 0 Å². The quantitative estimate of drug-likeness (QED) is 0.0405. The molecule has 22 aromatic carbocycles. The van der Waals surface area contributed by atoms with Crippen LogP contribution in [0.2, 0.25) is 0 Å². The van der Waals surface area contributed by atoms with Crippen LogP contribution in [0.25, 0.3) is 129 Å². The summed E-state index contributed by atoms with van der Waals surface area (Å²) in [5, 5.41) is 28.7.